The molecule has 4 saturated heterocycles. The summed E-state index contributed by atoms with van der Waals surface area (Å²) in [6.45, 7) is 38.3. The first-order valence-electron chi connectivity index (χ1n) is 34.9. The number of benzene rings is 1. The fourth-order valence-corrected chi connectivity index (χ4v) is 16.0. The van der Waals surface area contributed by atoms with Gasteiger partial charge >= 0.3 is 17.3 Å². The number of unbranched alkanes of at least 4 members (excludes halogenated alkanes) is 14. The zero-order valence-corrected chi connectivity index (χ0v) is 60.7. The normalized spacial score (nSPS) is 22.1. The van der Waals surface area contributed by atoms with Crippen molar-refractivity contribution in [2.24, 2.45) is 0 Å². The van der Waals surface area contributed by atoms with Gasteiger partial charge in [0.1, 0.15) is 60.0 Å². The van der Waals surface area contributed by atoms with Crippen LogP contribution in [0.2, 0.25) is 0 Å². The Morgan fingerprint density at radius 1 is 0.629 bits per heavy atom. The molecule has 4 fully saturated rings. The van der Waals surface area contributed by atoms with E-state index >= 15 is 0 Å². The van der Waals surface area contributed by atoms with E-state index in [0.29, 0.717) is 24.8 Å². The van der Waals surface area contributed by atoms with Crippen molar-refractivity contribution in [3.63, 3.8) is 0 Å². The lowest BCUT2D eigenvalue weighted by molar-refractivity contribution is -0.175. The molecule has 4 aliphatic rings. The molecule has 2 aromatic heterocycles. The molecule has 10 atom stereocenters. The molecule has 4 aliphatic heterocycles. The number of rotatable bonds is 39. The highest BCUT2D eigenvalue weighted by Gasteiger charge is 2.65. The second-order valence-corrected chi connectivity index (χ2v) is 28.8. The van der Waals surface area contributed by atoms with Crippen molar-refractivity contribution in [2.75, 3.05) is 52.7 Å². The molecule has 4 bridgehead atoms. The van der Waals surface area contributed by atoms with Gasteiger partial charge in [0, 0.05) is 43.0 Å². The van der Waals surface area contributed by atoms with E-state index in [-0.39, 0.29) is 93.9 Å². The molecule has 4 unspecified atom stereocenters. The van der Waals surface area contributed by atoms with Gasteiger partial charge in [0.05, 0.1) is 25.3 Å². The summed E-state index contributed by atoms with van der Waals surface area (Å²) in [4.78, 5) is 87.4. The number of ether oxygens (including phenoxy) is 5. The number of aromatic amines is 2. The van der Waals surface area contributed by atoms with Crippen LogP contribution in [-0.2, 0) is 46.6 Å². The third-order valence-electron chi connectivity index (χ3n) is 17.5. The molecule has 97 heavy (non-hydrogen) atoms. The minimum absolute atomic E-state index is 0.000250. The van der Waals surface area contributed by atoms with E-state index in [1.165, 1.54) is 98.6 Å². The number of aromatic nitrogens is 4. The summed E-state index contributed by atoms with van der Waals surface area (Å²) >= 11 is 0. The maximum Gasteiger partial charge on any atom is 0.339 e. The summed E-state index contributed by atoms with van der Waals surface area (Å²) in [5.74, 6) is 10.4. The molecule has 534 valence electrons. The van der Waals surface area contributed by atoms with Gasteiger partial charge in [0.2, 0.25) is 19.0 Å². The SMILES string of the molecule is [C-]#[N+]CCOP(O[C@@H]1C2OC[C@]1(CC)O[C@H]2n1cc(C#CCNC(=O)CCCCCCCCCCCCCCCCC)c(=O)[nH]c1=O)N(C(C)C)C(C)C.[C-]#[N+]CCOP(O[C@H]1C2OC[C@@]1(CC)O[C@H]2n1cc(C#CCOC(=O)c2ccccc2)c(=O)[nH]c1=O)N(C(C)C)C(C)C. The highest BCUT2D eigenvalue weighted by atomic mass is 31.2. The van der Waals surface area contributed by atoms with E-state index in [4.69, 9.17) is 54.9 Å². The number of nitrogens with zero attached hydrogens (tertiary/aromatic N) is 6. The number of carbonyl (C=O) groups is 2. The Bertz CT molecular complexity index is 3400. The summed E-state index contributed by atoms with van der Waals surface area (Å²) in [5, 5.41) is 2.82. The number of carbonyl (C=O) groups excluding carboxylic acids is 2. The highest BCUT2D eigenvalue weighted by Crippen LogP contribution is 2.57. The van der Waals surface area contributed by atoms with Crippen molar-refractivity contribution < 1.29 is 51.4 Å². The maximum absolute atomic E-state index is 13.1. The van der Waals surface area contributed by atoms with E-state index < -0.39 is 93.6 Å². The molecule has 3 N–H and O–H groups in total. The van der Waals surface area contributed by atoms with Crippen molar-refractivity contribution in [3.8, 4) is 23.7 Å². The number of nitrogens with one attached hydrogen (secondary N) is 3. The highest BCUT2D eigenvalue weighted by molar-refractivity contribution is 7.44. The van der Waals surface area contributed by atoms with Crippen molar-refractivity contribution in [2.45, 2.75) is 264 Å². The summed E-state index contributed by atoms with van der Waals surface area (Å²) in [7, 11) is -3.18. The Labute approximate surface area is 575 Å². The van der Waals surface area contributed by atoms with Crippen LogP contribution in [0.1, 0.15) is 226 Å². The second kappa shape index (κ2) is 41.0. The Balaban J connectivity index is 0.000000314. The summed E-state index contributed by atoms with van der Waals surface area (Å²) in [6.07, 6.45) is 19.2. The topological polar surface area (TPSA) is 254 Å². The first kappa shape index (κ1) is 80.1. The van der Waals surface area contributed by atoms with Gasteiger partial charge < -0.3 is 56.8 Å². The predicted octanol–water partition coefficient (Wildman–Crippen LogP) is 11.5. The van der Waals surface area contributed by atoms with Crippen molar-refractivity contribution >= 4 is 28.9 Å². The molecule has 3 aromatic rings. The Morgan fingerprint density at radius 3 is 1.44 bits per heavy atom. The van der Waals surface area contributed by atoms with Crippen molar-refractivity contribution in [1.29, 1.82) is 0 Å². The number of hydrogen-bond acceptors (Lipinski definition) is 17. The minimum Gasteiger partial charge on any atom is -0.449 e. The Kier molecular flexibility index (Phi) is 33.8. The van der Waals surface area contributed by atoms with Crippen LogP contribution in [-0.4, -0.2) is 153 Å². The largest absolute Gasteiger partial charge is 0.449 e. The molecule has 1 aromatic carbocycles. The number of hydrogen-bond donors (Lipinski definition) is 3. The lowest BCUT2D eigenvalue weighted by Gasteiger charge is -2.38. The predicted molar refractivity (Wildman–Crippen MR) is 374 cm³/mol. The summed E-state index contributed by atoms with van der Waals surface area (Å²) < 4.78 is 63.0. The van der Waals surface area contributed by atoms with Crippen LogP contribution in [0.15, 0.2) is 61.9 Å². The molecule has 0 saturated carbocycles. The fourth-order valence-electron chi connectivity index (χ4n) is 12.4. The Hall–Kier alpha value is -5.92. The first-order valence-corrected chi connectivity index (χ1v) is 37.1. The van der Waals surface area contributed by atoms with Gasteiger partial charge in [-0.25, -0.2) is 36.9 Å². The zero-order chi connectivity index (χ0) is 70.5. The third kappa shape index (κ3) is 22.8. The lowest BCUT2D eigenvalue weighted by atomic mass is 9.96. The smallest absolute Gasteiger partial charge is 0.339 e. The van der Waals surface area contributed by atoms with E-state index in [9.17, 15) is 28.8 Å². The number of H-pyrrole nitrogens is 2. The third-order valence-corrected chi connectivity index (χ3v) is 21.7. The quantitative estimate of drug-likeness (QED) is 0.0158. The molecule has 24 nitrogen and oxygen atoms in total. The van der Waals surface area contributed by atoms with Gasteiger partial charge in [0.25, 0.3) is 28.2 Å². The molecule has 0 spiro atoms. The summed E-state index contributed by atoms with van der Waals surface area (Å²) in [5.41, 5.74) is -3.84. The molecular weight excluding hydrogens is 1280 g/mol. The van der Waals surface area contributed by atoms with Gasteiger partial charge in [-0.15, -0.1) is 0 Å². The zero-order valence-electron chi connectivity index (χ0n) is 58.9. The standard InChI is InChI=1S/C41H68N5O7P.C30H37N4O8P/c1-8-10-11-12-13-14-15-16-17-18-19-20-21-22-23-26-35(47)43-27-24-25-34-30-45(40(49)44-38(34)48)39-36-37(41(9-2,52-39)31-50-36)53-54(51-29-28-42-7)46(32(3)4)33(5)6;1-7-30-19-39-24(25(30)42-43(40-17-15-31-6)34(20(2)3)21(4)5)27(41-30)33-18-23(26(35)32-29(33)37)14-11-16-38-28(36)22-12-9-8-10-13-22/h30,32-33,36-37,39H,8-23,26-29,31H2,1-6H3,(H,43,47)(H,44,48,49);8-10,12-13,18,20-21,24-25,27H,7,15-17,19H2,1-5H3,(H,32,35,37)/t36?,37-,39-,41+,54?;24?,25-,27+,30+,43?/m10/s1. The average Bonchev–Trinajstić information content (AvgIpc) is 1.58. The number of esters is 1. The molecule has 6 heterocycles. The van der Waals surface area contributed by atoms with Crippen LogP contribution in [0, 0.1) is 36.8 Å². The molecule has 26 heteroatoms. The van der Waals surface area contributed by atoms with E-state index in [1.807, 2.05) is 13.8 Å². The monoisotopic (exact) mass is 1390 g/mol. The van der Waals surface area contributed by atoms with Crippen LogP contribution in [0.3, 0.4) is 0 Å². The van der Waals surface area contributed by atoms with Crippen molar-refractivity contribution in [1.82, 2.24) is 33.8 Å². The van der Waals surface area contributed by atoms with Gasteiger partial charge in [-0.2, -0.15) is 0 Å². The molecule has 0 radical (unpaired) electrons. The van der Waals surface area contributed by atoms with Gasteiger partial charge in [-0.1, -0.05) is 153 Å². The van der Waals surface area contributed by atoms with Crippen LogP contribution >= 0.6 is 17.1 Å². The molecule has 0 aliphatic carbocycles. The Morgan fingerprint density at radius 2 is 1.04 bits per heavy atom. The van der Waals surface area contributed by atoms with Crippen LogP contribution in [0.25, 0.3) is 9.69 Å². The lowest BCUT2D eigenvalue weighted by Crippen LogP contribution is -2.43. The molecule has 7 rings (SSSR count). The van der Waals surface area contributed by atoms with E-state index in [2.05, 4.69) is 120 Å². The fraction of sp³-hybridized carbons (Fsp3) is 0.690. The van der Waals surface area contributed by atoms with E-state index in [0.717, 1.165) is 19.3 Å². The maximum atomic E-state index is 13.1. The van der Waals surface area contributed by atoms with Gasteiger partial charge in [0.15, 0.2) is 19.1 Å². The van der Waals surface area contributed by atoms with Crippen molar-refractivity contribution in [3.05, 3.63) is 124 Å². The van der Waals surface area contributed by atoms with Gasteiger partial charge in [-0.3, -0.25) is 33.5 Å². The number of amides is 1. The molecular formula is C71H105N9O15P2. The first-order chi connectivity index (χ1) is 46.7. The summed E-state index contributed by atoms with van der Waals surface area (Å²) in [6, 6.07) is 8.90. The van der Waals surface area contributed by atoms with E-state index in [1.54, 1.807) is 30.3 Å². The minimum atomic E-state index is -1.59. The molecule has 1 amide bonds. The van der Waals surface area contributed by atoms with Gasteiger partial charge in [-0.05, 0) is 86.8 Å². The van der Waals surface area contributed by atoms with Crippen LogP contribution < -0.4 is 27.8 Å². The second-order valence-electron chi connectivity index (χ2n) is 25.9. The average molecular weight is 1390 g/mol. The number of fused-ring (bicyclic) bond motifs is 4. The van der Waals surface area contributed by atoms with Crippen LogP contribution in [0.4, 0.5) is 0 Å². The van der Waals surface area contributed by atoms with Crippen LogP contribution in [0.5, 0.6) is 0 Å².